The molecule has 0 unspecified atom stereocenters. The van der Waals surface area contributed by atoms with E-state index in [9.17, 15) is 13.2 Å². The Morgan fingerprint density at radius 3 is 2.43 bits per heavy atom. The van der Waals surface area contributed by atoms with Crippen LogP contribution in [0.3, 0.4) is 0 Å². The Labute approximate surface area is 220 Å². The summed E-state index contributed by atoms with van der Waals surface area (Å²) in [6, 6.07) is 13.7. The molecule has 192 valence electrons. The molecule has 4 aromatic rings. The number of aryl methyl sites for hydroxylation is 2. The number of pyridine rings is 1. The third-order valence-electron chi connectivity index (χ3n) is 5.01. The number of hydrogen-bond acceptors (Lipinski definition) is 6. The average Bonchev–Trinajstić information content (AvgIpc) is 3.11. The van der Waals surface area contributed by atoms with Crippen molar-refractivity contribution in [3.63, 3.8) is 0 Å². The van der Waals surface area contributed by atoms with Crippen molar-refractivity contribution in [3.05, 3.63) is 93.2 Å². The molecule has 2 aromatic carbocycles. The van der Waals surface area contributed by atoms with E-state index >= 15 is 0 Å². The van der Waals surface area contributed by atoms with Crippen LogP contribution in [0.25, 0.3) is 0 Å². The average molecular weight is 551 g/mol. The van der Waals surface area contributed by atoms with Gasteiger partial charge < -0.3 is 14.3 Å². The molecule has 2 aromatic heterocycles. The van der Waals surface area contributed by atoms with Gasteiger partial charge in [0, 0.05) is 24.3 Å². The van der Waals surface area contributed by atoms with Crippen LogP contribution in [0.2, 0.25) is 10.0 Å². The monoisotopic (exact) mass is 550 g/mol. The van der Waals surface area contributed by atoms with Gasteiger partial charge in [-0.15, -0.1) is 0 Å². The number of hydrogen-bond donors (Lipinski definition) is 0. The third-order valence-corrected chi connectivity index (χ3v) is 5.54. The summed E-state index contributed by atoms with van der Waals surface area (Å²) >= 11 is 12.2. The van der Waals surface area contributed by atoms with Crippen LogP contribution in [-0.2, 0) is 24.7 Å². The summed E-state index contributed by atoms with van der Waals surface area (Å²) in [6.45, 7) is 1.97. The van der Waals surface area contributed by atoms with Crippen LogP contribution in [-0.4, -0.2) is 21.0 Å². The molecule has 12 heteroatoms. The topological polar surface area (TPSA) is 70.8 Å². The van der Waals surface area contributed by atoms with Gasteiger partial charge in [0.15, 0.2) is 0 Å². The Bertz CT molecular complexity index is 1410. The van der Waals surface area contributed by atoms with Crippen molar-refractivity contribution in [3.8, 4) is 23.3 Å². The van der Waals surface area contributed by atoms with Crippen LogP contribution in [0, 0.1) is 6.92 Å². The van der Waals surface area contributed by atoms with Gasteiger partial charge in [-0.2, -0.15) is 18.3 Å². The molecule has 7 nitrogen and oxygen atoms in total. The van der Waals surface area contributed by atoms with Gasteiger partial charge >= 0.3 is 6.18 Å². The van der Waals surface area contributed by atoms with Gasteiger partial charge in [0.05, 0.1) is 28.1 Å². The molecule has 0 bridgehead atoms. The fraction of sp³-hybridized carbons (Fsp3) is 0.160. The maximum absolute atomic E-state index is 12.6. The Kier molecular flexibility index (Phi) is 7.89. The lowest BCUT2D eigenvalue weighted by molar-refractivity contribution is -0.137. The summed E-state index contributed by atoms with van der Waals surface area (Å²) in [4.78, 5) is 9.10. The molecule has 0 aliphatic carbocycles. The van der Waals surface area contributed by atoms with E-state index in [0.29, 0.717) is 38.7 Å². The molecule has 0 amide bonds. The first kappa shape index (κ1) is 26.3. The number of oxime groups is 1. The molecule has 0 atom stereocenters. The van der Waals surface area contributed by atoms with Crippen molar-refractivity contribution in [2.24, 2.45) is 12.2 Å². The number of aromatic nitrogens is 3. The number of halogens is 5. The van der Waals surface area contributed by atoms with Crippen LogP contribution in [0.1, 0.15) is 22.4 Å². The van der Waals surface area contributed by atoms with E-state index in [1.54, 1.807) is 54.2 Å². The van der Waals surface area contributed by atoms with Crippen LogP contribution < -0.4 is 9.47 Å². The Hall–Kier alpha value is -3.76. The first-order chi connectivity index (χ1) is 17.6. The van der Waals surface area contributed by atoms with Crippen molar-refractivity contribution >= 4 is 29.4 Å². The first-order valence-corrected chi connectivity index (χ1v) is 11.5. The number of nitrogens with zero attached hydrogens (tertiary/aromatic N) is 4. The number of alkyl halides is 3. The van der Waals surface area contributed by atoms with Gasteiger partial charge in [-0.25, -0.2) is 9.67 Å². The molecule has 0 radical (unpaired) electrons. The number of benzene rings is 2. The fourth-order valence-corrected chi connectivity index (χ4v) is 3.62. The molecule has 0 fully saturated rings. The van der Waals surface area contributed by atoms with Crippen LogP contribution in [0.15, 0.2) is 65.9 Å². The maximum Gasteiger partial charge on any atom is 0.417 e. The highest BCUT2D eigenvalue weighted by atomic mass is 35.5. The minimum atomic E-state index is -4.45. The zero-order chi connectivity index (χ0) is 26.6. The van der Waals surface area contributed by atoms with E-state index < -0.39 is 11.7 Å². The van der Waals surface area contributed by atoms with E-state index in [1.807, 2.05) is 6.92 Å². The van der Waals surface area contributed by atoms with E-state index in [-0.39, 0.29) is 12.5 Å². The van der Waals surface area contributed by atoms with Crippen LogP contribution in [0.5, 0.6) is 23.3 Å². The lowest BCUT2D eigenvalue weighted by atomic mass is 10.2. The quantitative estimate of drug-likeness (QED) is 0.167. The number of ether oxygens (including phenoxy) is 2. The highest BCUT2D eigenvalue weighted by Gasteiger charge is 2.30. The number of rotatable bonds is 8. The normalized spacial score (nSPS) is 11.6. The molecule has 0 saturated carbocycles. The van der Waals surface area contributed by atoms with Gasteiger partial charge in [-0.1, -0.05) is 40.5 Å². The summed E-state index contributed by atoms with van der Waals surface area (Å²) < 4.78 is 50.9. The van der Waals surface area contributed by atoms with Crippen molar-refractivity contribution in [1.29, 1.82) is 0 Å². The molecule has 0 N–H and O–H groups in total. The zero-order valence-corrected chi connectivity index (χ0v) is 21.0. The minimum absolute atomic E-state index is 0.0475. The van der Waals surface area contributed by atoms with Gasteiger partial charge in [-0.05, 0) is 48.9 Å². The van der Waals surface area contributed by atoms with Crippen LogP contribution in [0.4, 0.5) is 13.2 Å². The highest BCUT2D eigenvalue weighted by Crippen LogP contribution is 2.33. The predicted molar refractivity (Wildman–Crippen MR) is 133 cm³/mol. The summed E-state index contributed by atoms with van der Waals surface area (Å²) in [6.07, 6.45) is -2.24. The van der Waals surface area contributed by atoms with Crippen LogP contribution >= 0.6 is 23.2 Å². The van der Waals surface area contributed by atoms with Crippen molar-refractivity contribution < 1.29 is 27.5 Å². The largest absolute Gasteiger partial charge is 0.439 e. The van der Waals surface area contributed by atoms with Gasteiger partial charge in [0.25, 0.3) is 0 Å². The summed E-state index contributed by atoms with van der Waals surface area (Å²) in [5.41, 5.74) is 1.23. The molecule has 4 rings (SSSR count). The molecule has 0 aliphatic rings. The van der Waals surface area contributed by atoms with E-state index in [4.69, 9.17) is 37.5 Å². The second-order valence-electron chi connectivity index (χ2n) is 7.74. The molecule has 0 saturated heterocycles. The van der Waals surface area contributed by atoms with Gasteiger partial charge in [0.2, 0.25) is 11.8 Å². The smallest absolute Gasteiger partial charge is 0.417 e. The summed E-state index contributed by atoms with van der Waals surface area (Å²) in [5, 5.41) is 9.22. The van der Waals surface area contributed by atoms with Crippen molar-refractivity contribution in [1.82, 2.24) is 14.8 Å². The standard InChI is InChI=1S/C25H19Cl2F3N4O3/c1-15-20(24(34(2)33-15)37-22-9-6-18(26)11-21(22)27)13-32-35-14-16-3-7-19(8-4-16)36-23-10-5-17(12-31-23)25(28,29)30/h3-13H,14H2,1-2H3/b32-13+. The summed E-state index contributed by atoms with van der Waals surface area (Å²) in [5.74, 6) is 1.30. The fourth-order valence-electron chi connectivity index (χ4n) is 3.17. The lowest BCUT2D eigenvalue weighted by Gasteiger charge is -2.09. The third kappa shape index (κ3) is 6.72. The second-order valence-corrected chi connectivity index (χ2v) is 8.59. The second kappa shape index (κ2) is 11.1. The minimum Gasteiger partial charge on any atom is -0.439 e. The van der Waals surface area contributed by atoms with Gasteiger partial charge in [-0.3, -0.25) is 0 Å². The van der Waals surface area contributed by atoms with Crippen molar-refractivity contribution in [2.75, 3.05) is 0 Å². The molecule has 2 heterocycles. The highest BCUT2D eigenvalue weighted by molar-refractivity contribution is 6.35. The maximum atomic E-state index is 12.6. The van der Waals surface area contributed by atoms with Gasteiger partial charge in [0.1, 0.15) is 18.1 Å². The van der Waals surface area contributed by atoms with Crippen molar-refractivity contribution in [2.45, 2.75) is 19.7 Å². The van der Waals surface area contributed by atoms with E-state index in [1.165, 1.54) is 6.21 Å². The Balaban J connectivity index is 1.35. The van der Waals surface area contributed by atoms with E-state index in [0.717, 1.165) is 23.9 Å². The molecule has 0 aliphatic heterocycles. The zero-order valence-electron chi connectivity index (χ0n) is 19.5. The summed E-state index contributed by atoms with van der Waals surface area (Å²) in [7, 11) is 1.73. The predicted octanol–water partition coefficient (Wildman–Crippen LogP) is 7.58. The molecular formula is C25H19Cl2F3N4O3. The first-order valence-electron chi connectivity index (χ1n) is 10.7. The Morgan fingerprint density at radius 1 is 1.03 bits per heavy atom. The Morgan fingerprint density at radius 2 is 1.78 bits per heavy atom. The molecule has 37 heavy (non-hydrogen) atoms. The van der Waals surface area contributed by atoms with E-state index in [2.05, 4.69) is 15.2 Å². The SMILES string of the molecule is Cc1nn(C)c(Oc2ccc(Cl)cc2Cl)c1/C=N/OCc1ccc(Oc2ccc(C(F)(F)F)cn2)cc1. The lowest BCUT2D eigenvalue weighted by Crippen LogP contribution is -2.05. The molecular weight excluding hydrogens is 532 g/mol. The molecule has 0 spiro atoms.